The number of fused-ring (bicyclic) bond motifs is 1. The SMILES string of the molecule is C=C(OCCCC)c1cccc2cnc(C3(c4ccccc4)CC3)nc12. The van der Waals surface area contributed by atoms with Gasteiger partial charge in [-0.1, -0.05) is 62.4 Å². The van der Waals surface area contributed by atoms with Crippen molar-refractivity contribution in [2.24, 2.45) is 0 Å². The molecule has 3 heteroatoms. The Bertz CT molecular complexity index is 929. The second kappa shape index (κ2) is 6.91. The molecular formula is C23H24N2O. The van der Waals surface area contributed by atoms with E-state index >= 15 is 0 Å². The molecule has 2 aromatic carbocycles. The zero-order valence-corrected chi connectivity index (χ0v) is 15.2. The van der Waals surface area contributed by atoms with E-state index in [0.717, 1.165) is 48.0 Å². The van der Waals surface area contributed by atoms with Gasteiger partial charge >= 0.3 is 0 Å². The quantitative estimate of drug-likeness (QED) is 0.419. The van der Waals surface area contributed by atoms with E-state index < -0.39 is 0 Å². The van der Waals surface area contributed by atoms with Crippen molar-refractivity contribution in [1.29, 1.82) is 0 Å². The number of para-hydroxylation sites is 1. The van der Waals surface area contributed by atoms with Crippen LogP contribution in [0.2, 0.25) is 0 Å². The lowest BCUT2D eigenvalue weighted by atomic mass is 9.95. The van der Waals surface area contributed by atoms with Gasteiger partial charge in [-0.15, -0.1) is 0 Å². The minimum Gasteiger partial charge on any atom is -0.494 e. The van der Waals surface area contributed by atoms with Crippen LogP contribution in [0.3, 0.4) is 0 Å². The van der Waals surface area contributed by atoms with Crippen LogP contribution >= 0.6 is 0 Å². The fraction of sp³-hybridized carbons (Fsp3) is 0.304. The molecule has 1 aliphatic carbocycles. The summed E-state index contributed by atoms with van der Waals surface area (Å²) in [6.07, 6.45) is 6.26. The monoisotopic (exact) mass is 344 g/mol. The molecule has 1 fully saturated rings. The van der Waals surface area contributed by atoms with Gasteiger partial charge < -0.3 is 4.74 Å². The molecule has 0 unspecified atom stereocenters. The summed E-state index contributed by atoms with van der Waals surface area (Å²) >= 11 is 0. The zero-order chi connectivity index (χ0) is 18.0. The number of benzene rings is 2. The Hall–Kier alpha value is -2.68. The minimum absolute atomic E-state index is 0.0348. The van der Waals surface area contributed by atoms with Crippen molar-refractivity contribution in [3.63, 3.8) is 0 Å². The smallest absolute Gasteiger partial charge is 0.139 e. The highest BCUT2D eigenvalue weighted by Gasteiger charge is 2.48. The van der Waals surface area contributed by atoms with Crippen molar-refractivity contribution in [2.75, 3.05) is 6.61 Å². The molecule has 0 N–H and O–H groups in total. The number of rotatable bonds is 7. The van der Waals surface area contributed by atoms with Crippen LogP contribution in [0.25, 0.3) is 16.7 Å². The predicted molar refractivity (Wildman–Crippen MR) is 106 cm³/mol. The van der Waals surface area contributed by atoms with E-state index in [2.05, 4.69) is 43.8 Å². The maximum absolute atomic E-state index is 5.85. The molecule has 132 valence electrons. The average Bonchev–Trinajstić information content (AvgIpc) is 3.50. The van der Waals surface area contributed by atoms with E-state index in [4.69, 9.17) is 14.7 Å². The summed E-state index contributed by atoms with van der Waals surface area (Å²) in [7, 11) is 0. The third-order valence-electron chi connectivity index (χ3n) is 5.19. The molecule has 1 heterocycles. The van der Waals surface area contributed by atoms with Crippen molar-refractivity contribution in [1.82, 2.24) is 9.97 Å². The van der Waals surface area contributed by atoms with Crippen LogP contribution < -0.4 is 0 Å². The van der Waals surface area contributed by atoms with Crippen molar-refractivity contribution in [2.45, 2.75) is 38.0 Å². The van der Waals surface area contributed by atoms with E-state index in [-0.39, 0.29) is 5.41 Å². The van der Waals surface area contributed by atoms with Crippen molar-refractivity contribution < 1.29 is 4.74 Å². The lowest BCUT2D eigenvalue weighted by Crippen LogP contribution is -2.13. The van der Waals surface area contributed by atoms with Gasteiger partial charge in [-0.2, -0.15) is 0 Å². The Morgan fingerprint density at radius 2 is 1.92 bits per heavy atom. The third-order valence-corrected chi connectivity index (χ3v) is 5.19. The summed E-state index contributed by atoms with van der Waals surface area (Å²) in [6, 6.07) is 16.7. The Morgan fingerprint density at radius 3 is 2.65 bits per heavy atom. The van der Waals surface area contributed by atoms with Gasteiger partial charge in [0.15, 0.2) is 0 Å². The lowest BCUT2D eigenvalue weighted by molar-refractivity contribution is 0.271. The van der Waals surface area contributed by atoms with Gasteiger partial charge in [-0.3, -0.25) is 0 Å². The molecule has 26 heavy (non-hydrogen) atoms. The van der Waals surface area contributed by atoms with Gasteiger partial charge in [-0.25, -0.2) is 9.97 Å². The van der Waals surface area contributed by atoms with E-state index in [0.29, 0.717) is 12.4 Å². The number of unbranched alkanes of at least 4 members (excludes halogenated alkanes) is 1. The van der Waals surface area contributed by atoms with Crippen LogP contribution in [0.4, 0.5) is 0 Å². The number of ether oxygens (including phenoxy) is 1. The van der Waals surface area contributed by atoms with Crippen LogP contribution in [0.5, 0.6) is 0 Å². The molecule has 1 aromatic heterocycles. The topological polar surface area (TPSA) is 35.0 Å². The summed E-state index contributed by atoms with van der Waals surface area (Å²) in [6.45, 7) is 6.98. The Labute approximate surface area is 154 Å². The first-order valence-corrected chi connectivity index (χ1v) is 9.38. The van der Waals surface area contributed by atoms with E-state index in [1.165, 1.54) is 5.56 Å². The lowest BCUT2D eigenvalue weighted by Gasteiger charge is -2.16. The second-order valence-electron chi connectivity index (χ2n) is 7.01. The van der Waals surface area contributed by atoms with Gasteiger partial charge in [0.25, 0.3) is 0 Å². The molecule has 0 aliphatic heterocycles. The normalized spacial score (nSPS) is 15.0. The van der Waals surface area contributed by atoms with E-state index in [9.17, 15) is 0 Å². The zero-order valence-electron chi connectivity index (χ0n) is 15.2. The first-order chi connectivity index (χ1) is 12.7. The number of nitrogens with zero attached hydrogens (tertiary/aromatic N) is 2. The molecule has 4 rings (SSSR count). The molecule has 0 atom stereocenters. The molecular weight excluding hydrogens is 320 g/mol. The summed E-state index contributed by atoms with van der Waals surface area (Å²) < 4.78 is 5.85. The van der Waals surface area contributed by atoms with Crippen molar-refractivity contribution in [3.8, 4) is 0 Å². The average molecular weight is 344 g/mol. The second-order valence-corrected chi connectivity index (χ2v) is 7.01. The highest BCUT2D eigenvalue weighted by molar-refractivity contribution is 5.88. The maximum Gasteiger partial charge on any atom is 0.139 e. The molecule has 3 aromatic rings. The van der Waals surface area contributed by atoms with E-state index in [1.54, 1.807) is 0 Å². The Morgan fingerprint density at radius 1 is 1.12 bits per heavy atom. The van der Waals surface area contributed by atoms with Gasteiger partial charge in [-0.05, 0) is 30.9 Å². The van der Waals surface area contributed by atoms with Gasteiger partial charge in [0.2, 0.25) is 0 Å². The molecule has 0 radical (unpaired) electrons. The molecule has 1 aliphatic rings. The largest absolute Gasteiger partial charge is 0.494 e. The molecule has 3 nitrogen and oxygen atoms in total. The Kier molecular flexibility index (Phi) is 4.46. The minimum atomic E-state index is -0.0348. The first kappa shape index (κ1) is 16.8. The highest BCUT2D eigenvalue weighted by Crippen LogP contribution is 2.52. The summed E-state index contributed by atoms with van der Waals surface area (Å²) in [4.78, 5) is 9.69. The number of aromatic nitrogens is 2. The fourth-order valence-electron chi connectivity index (χ4n) is 3.45. The molecule has 1 saturated carbocycles. The standard InChI is InChI=1S/C23H24N2O/c1-3-4-15-26-17(2)20-12-8-9-18-16-24-22(25-21(18)20)23(13-14-23)19-10-6-5-7-11-19/h5-12,16H,2-4,13-15H2,1H3. The van der Waals surface area contributed by atoms with Crippen LogP contribution in [0, 0.1) is 0 Å². The van der Waals surface area contributed by atoms with E-state index in [1.807, 2.05) is 24.4 Å². The van der Waals surface area contributed by atoms with Crippen molar-refractivity contribution >= 4 is 16.7 Å². The van der Waals surface area contributed by atoms with Gasteiger partial charge in [0.05, 0.1) is 17.5 Å². The van der Waals surface area contributed by atoms with Gasteiger partial charge in [0.1, 0.15) is 11.6 Å². The van der Waals surface area contributed by atoms with Crippen LogP contribution in [-0.2, 0) is 10.2 Å². The summed E-state index contributed by atoms with van der Waals surface area (Å²) in [5, 5.41) is 1.02. The summed E-state index contributed by atoms with van der Waals surface area (Å²) in [5.41, 5.74) is 3.16. The van der Waals surface area contributed by atoms with Crippen LogP contribution in [0.1, 0.15) is 49.6 Å². The number of hydrogen-bond acceptors (Lipinski definition) is 3. The fourth-order valence-corrected chi connectivity index (χ4v) is 3.45. The first-order valence-electron chi connectivity index (χ1n) is 9.38. The molecule has 0 spiro atoms. The number of hydrogen-bond donors (Lipinski definition) is 0. The summed E-state index contributed by atoms with van der Waals surface area (Å²) in [5.74, 6) is 1.60. The molecule has 0 amide bonds. The predicted octanol–water partition coefficient (Wildman–Crippen LogP) is 5.50. The Balaban J connectivity index is 1.73. The van der Waals surface area contributed by atoms with Crippen LogP contribution in [-0.4, -0.2) is 16.6 Å². The molecule has 0 saturated heterocycles. The van der Waals surface area contributed by atoms with Gasteiger partial charge in [0, 0.05) is 17.1 Å². The highest BCUT2D eigenvalue weighted by atomic mass is 16.5. The van der Waals surface area contributed by atoms with Crippen LogP contribution in [0.15, 0.2) is 61.3 Å². The third kappa shape index (κ3) is 2.98. The molecule has 0 bridgehead atoms. The van der Waals surface area contributed by atoms with Crippen molar-refractivity contribution in [3.05, 3.63) is 78.3 Å². The maximum atomic E-state index is 5.85.